The van der Waals surface area contributed by atoms with Gasteiger partial charge >= 0.3 is 6.09 Å². The summed E-state index contributed by atoms with van der Waals surface area (Å²) in [5.74, 6) is 0. The number of carbonyl (C=O) groups excluding carboxylic acids is 1. The highest BCUT2D eigenvalue weighted by molar-refractivity contribution is 5.67. The van der Waals surface area contributed by atoms with Crippen LogP contribution in [-0.2, 0) is 4.74 Å². The number of amides is 1. The smallest absolute Gasteiger partial charge is 0.407 e. The molecule has 0 heterocycles. The Hall–Kier alpha value is -1.55. The van der Waals surface area contributed by atoms with E-state index in [0.29, 0.717) is 0 Å². The van der Waals surface area contributed by atoms with Gasteiger partial charge in [0.05, 0.1) is 6.04 Å². The molecule has 0 spiro atoms. The first-order valence-electron chi connectivity index (χ1n) is 5.33. The molecule has 88 valence electrons. The molecule has 0 bridgehead atoms. The molecule has 1 unspecified atom stereocenters. The predicted molar refractivity (Wildman–Crippen MR) is 63.0 cm³/mol. The number of benzene rings is 1. The zero-order valence-corrected chi connectivity index (χ0v) is 9.64. The lowest BCUT2D eigenvalue weighted by Gasteiger charge is -2.14. The van der Waals surface area contributed by atoms with Crippen molar-refractivity contribution in [3.8, 4) is 0 Å². The van der Waals surface area contributed by atoms with E-state index in [2.05, 4.69) is 5.32 Å². The van der Waals surface area contributed by atoms with Gasteiger partial charge in [0.1, 0.15) is 6.61 Å². The van der Waals surface area contributed by atoms with Crippen LogP contribution in [0.15, 0.2) is 30.3 Å². The predicted octanol–water partition coefficient (Wildman–Crippen LogP) is 1.82. The fourth-order valence-electron chi connectivity index (χ4n) is 1.24. The summed E-state index contributed by atoms with van der Waals surface area (Å²) in [4.78, 5) is 11.2. The first-order valence-corrected chi connectivity index (χ1v) is 5.33. The number of nitrogens with one attached hydrogen (secondary N) is 1. The summed E-state index contributed by atoms with van der Waals surface area (Å²) in [6, 6.07) is 9.34. The monoisotopic (exact) mass is 222 g/mol. The van der Waals surface area contributed by atoms with Gasteiger partial charge in [0.2, 0.25) is 0 Å². The number of carbonyl (C=O) groups is 1. The number of nitrogens with two attached hydrogens (primary N) is 1. The van der Waals surface area contributed by atoms with Crippen molar-refractivity contribution in [1.82, 2.24) is 5.32 Å². The van der Waals surface area contributed by atoms with Crippen molar-refractivity contribution in [3.05, 3.63) is 35.9 Å². The van der Waals surface area contributed by atoms with E-state index in [9.17, 15) is 4.79 Å². The zero-order chi connectivity index (χ0) is 12.0. The largest absolute Gasteiger partial charge is 0.448 e. The maximum Gasteiger partial charge on any atom is 0.407 e. The normalized spacial score (nSPS) is 12.2. The molecule has 1 aromatic rings. The first kappa shape index (κ1) is 12.5. The van der Waals surface area contributed by atoms with Crippen molar-refractivity contribution in [2.24, 2.45) is 5.73 Å². The van der Waals surface area contributed by atoms with Crippen molar-refractivity contribution in [2.45, 2.75) is 25.9 Å². The second-order valence-electron chi connectivity index (χ2n) is 3.91. The van der Waals surface area contributed by atoms with Crippen LogP contribution in [-0.4, -0.2) is 18.7 Å². The fourth-order valence-corrected chi connectivity index (χ4v) is 1.24. The Morgan fingerprint density at radius 1 is 1.38 bits per heavy atom. The Labute approximate surface area is 95.8 Å². The summed E-state index contributed by atoms with van der Waals surface area (Å²) in [5.41, 5.74) is 6.83. The summed E-state index contributed by atoms with van der Waals surface area (Å²) in [5, 5.41) is 2.63. The van der Waals surface area contributed by atoms with Gasteiger partial charge in [-0.15, -0.1) is 0 Å². The SMILES string of the molecule is CC(C)NC(=O)OCC(N)c1ccccc1. The minimum Gasteiger partial charge on any atom is -0.448 e. The van der Waals surface area contributed by atoms with Gasteiger partial charge in [-0.3, -0.25) is 0 Å². The standard InChI is InChI=1S/C12H18N2O2/c1-9(2)14-12(15)16-8-11(13)10-6-4-3-5-7-10/h3-7,9,11H,8,13H2,1-2H3,(H,14,15). The van der Waals surface area contributed by atoms with Crippen LogP contribution >= 0.6 is 0 Å². The fraction of sp³-hybridized carbons (Fsp3) is 0.417. The van der Waals surface area contributed by atoms with E-state index in [0.717, 1.165) is 5.56 Å². The quantitative estimate of drug-likeness (QED) is 0.816. The Bertz CT molecular complexity index is 325. The van der Waals surface area contributed by atoms with Crippen molar-refractivity contribution in [2.75, 3.05) is 6.61 Å². The van der Waals surface area contributed by atoms with Gasteiger partial charge < -0.3 is 15.8 Å². The molecular weight excluding hydrogens is 204 g/mol. The van der Waals surface area contributed by atoms with Crippen LogP contribution in [0.2, 0.25) is 0 Å². The van der Waals surface area contributed by atoms with E-state index in [1.807, 2.05) is 44.2 Å². The molecule has 3 N–H and O–H groups in total. The number of alkyl carbamates (subject to hydrolysis) is 1. The maximum atomic E-state index is 11.2. The molecule has 0 fully saturated rings. The van der Waals surface area contributed by atoms with E-state index in [1.165, 1.54) is 0 Å². The summed E-state index contributed by atoms with van der Waals surface area (Å²) in [7, 11) is 0. The van der Waals surface area contributed by atoms with Crippen LogP contribution in [0.1, 0.15) is 25.5 Å². The van der Waals surface area contributed by atoms with Gasteiger partial charge in [0, 0.05) is 6.04 Å². The van der Waals surface area contributed by atoms with Gasteiger partial charge in [0.15, 0.2) is 0 Å². The van der Waals surface area contributed by atoms with Crippen LogP contribution in [0.3, 0.4) is 0 Å². The van der Waals surface area contributed by atoms with E-state index >= 15 is 0 Å². The first-order chi connectivity index (χ1) is 7.59. The summed E-state index contributed by atoms with van der Waals surface area (Å²) in [6.45, 7) is 3.93. The molecule has 0 aliphatic carbocycles. The average molecular weight is 222 g/mol. The molecule has 4 heteroatoms. The van der Waals surface area contributed by atoms with Crippen LogP contribution in [0.4, 0.5) is 4.79 Å². The highest BCUT2D eigenvalue weighted by Gasteiger charge is 2.09. The Kier molecular flexibility index (Phi) is 4.79. The third kappa shape index (κ3) is 4.31. The molecule has 0 aromatic heterocycles. The molecule has 0 aliphatic heterocycles. The third-order valence-corrected chi connectivity index (χ3v) is 2.03. The second-order valence-corrected chi connectivity index (χ2v) is 3.91. The van der Waals surface area contributed by atoms with Gasteiger partial charge in [-0.2, -0.15) is 0 Å². The Morgan fingerprint density at radius 2 is 2.00 bits per heavy atom. The Morgan fingerprint density at radius 3 is 2.56 bits per heavy atom. The maximum absolute atomic E-state index is 11.2. The van der Waals surface area contributed by atoms with Gasteiger partial charge in [-0.25, -0.2) is 4.79 Å². The second kappa shape index (κ2) is 6.12. The summed E-state index contributed by atoms with van der Waals surface area (Å²) in [6.07, 6.45) is -0.429. The van der Waals surface area contributed by atoms with Crippen LogP contribution in [0, 0.1) is 0 Å². The topological polar surface area (TPSA) is 64.3 Å². The summed E-state index contributed by atoms with van der Waals surface area (Å²) < 4.78 is 4.99. The van der Waals surface area contributed by atoms with Crippen LogP contribution in [0.5, 0.6) is 0 Å². The molecule has 16 heavy (non-hydrogen) atoms. The molecule has 0 saturated carbocycles. The van der Waals surface area contributed by atoms with Crippen LogP contribution in [0.25, 0.3) is 0 Å². The van der Waals surface area contributed by atoms with Gasteiger partial charge in [0.25, 0.3) is 0 Å². The average Bonchev–Trinajstić information content (AvgIpc) is 2.26. The lowest BCUT2D eigenvalue weighted by atomic mass is 10.1. The molecule has 1 rings (SSSR count). The Balaban J connectivity index is 2.36. The highest BCUT2D eigenvalue weighted by Crippen LogP contribution is 2.09. The highest BCUT2D eigenvalue weighted by atomic mass is 16.5. The number of hydrogen-bond donors (Lipinski definition) is 2. The molecule has 0 radical (unpaired) electrons. The van der Waals surface area contributed by atoms with Crippen molar-refractivity contribution in [1.29, 1.82) is 0 Å². The van der Waals surface area contributed by atoms with Crippen molar-refractivity contribution in [3.63, 3.8) is 0 Å². The molecule has 1 aromatic carbocycles. The minimum atomic E-state index is -0.429. The number of ether oxygens (including phenoxy) is 1. The molecule has 1 amide bonds. The van der Waals surface area contributed by atoms with Crippen LogP contribution < -0.4 is 11.1 Å². The van der Waals surface area contributed by atoms with Crippen molar-refractivity contribution >= 4 is 6.09 Å². The van der Waals surface area contributed by atoms with Gasteiger partial charge in [-0.05, 0) is 19.4 Å². The lowest BCUT2D eigenvalue weighted by molar-refractivity contribution is 0.137. The number of rotatable bonds is 4. The van der Waals surface area contributed by atoms with E-state index in [1.54, 1.807) is 0 Å². The molecule has 0 saturated heterocycles. The molecule has 0 aliphatic rings. The number of hydrogen-bond acceptors (Lipinski definition) is 3. The van der Waals surface area contributed by atoms with E-state index < -0.39 is 6.09 Å². The zero-order valence-electron chi connectivity index (χ0n) is 9.64. The van der Waals surface area contributed by atoms with Gasteiger partial charge in [-0.1, -0.05) is 30.3 Å². The van der Waals surface area contributed by atoms with E-state index in [4.69, 9.17) is 10.5 Å². The summed E-state index contributed by atoms with van der Waals surface area (Å²) >= 11 is 0. The molecule has 1 atom stereocenters. The van der Waals surface area contributed by atoms with Crippen molar-refractivity contribution < 1.29 is 9.53 Å². The third-order valence-electron chi connectivity index (χ3n) is 2.03. The van der Waals surface area contributed by atoms with E-state index in [-0.39, 0.29) is 18.7 Å². The molecular formula is C12H18N2O2. The minimum absolute atomic E-state index is 0.0699. The molecule has 4 nitrogen and oxygen atoms in total. The lowest BCUT2D eigenvalue weighted by Crippen LogP contribution is -2.32.